The Kier molecular flexibility index (Phi) is 3.92. The Bertz CT molecular complexity index is 564. The van der Waals surface area contributed by atoms with Crippen molar-refractivity contribution in [3.05, 3.63) is 57.6 Å². The standard InChI is InChI=1S/C15H17BrN2/c1-10-3-4-11(2)12(7-10)9-18-15-6-5-13(16)8-14(15)17/h3-8,18H,9,17H2,1-2H3. The molecule has 0 fully saturated rings. The maximum atomic E-state index is 5.96. The number of hydrogen-bond acceptors (Lipinski definition) is 2. The van der Waals surface area contributed by atoms with Crippen LogP contribution in [-0.2, 0) is 6.54 Å². The number of hydrogen-bond donors (Lipinski definition) is 2. The van der Waals surface area contributed by atoms with E-state index in [4.69, 9.17) is 5.73 Å². The van der Waals surface area contributed by atoms with Crippen molar-refractivity contribution < 1.29 is 0 Å². The lowest BCUT2D eigenvalue weighted by atomic mass is 10.1. The molecule has 94 valence electrons. The summed E-state index contributed by atoms with van der Waals surface area (Å²) in [6, 6.07) is 12.4. The molecule has 0 unspecified atom stereocenters. The zero-order valence-electron chi connectivity index (χ0n) is 10.6. The van der Waals surface area contributed by atoms with E-state index in [0.29, 0.717) is 0 Å². The molecule has 3 N–H and O–H groups in total. The molecule has 0 bridgehead atoms. The Morgan fingerprint density at radius 3 is 2.61 bits per heavy atom. The predicted molar refractivity (Wildman–Crippen MR) is 81.8 cm³/mol. The lowest BCUT2D eigenvalue weighted by molar-refractivity contribution is 1.11. The quantitative estimate of drug-likeness (QED) is 0.832. The highest BCUT2D eigenvalue weighted by Crippen LogP contribution is 2.24. The van der Waals surface area contributed by atoms with Crippen LogP contribution < -0.4 is 11.1 Å². The second-order valence-electron chi connectivity index (χ2n) is 4.52. The fourth-order valence-corrected chi connectivity index (χ4v) is 2.25. The average Bonchev–Trinajstić information content (AvgIpc) is 2.32. The van der Waals surface area contributed by atoms with Crippen molar-refractivity contribution in [3.63, 3.8) is 0 Å². The summed E-state index contributed by atoms with van der Waals surface area (Å²) in [6.45, 7) is 5.03. The Balaban J connectivity index is 2.13. The number of nitrogens with one attached hydrogen (secondary N) is 1. The summed E-state index contributed by atoms with van der Waals surface area (Å²) in [6.07, 6.45) is 0. The van der Waals surface area contributed by atoms with Gasteiger partial charge in [0.2, 0.25) is 0 Å². The minimum atomic E-state index is 0.759. The highest BCUT2D eigenvalue weighted by atomic mass is 79.9. The van der Waals surface area contributed by atoms with Gasteiger partial charge in [-0.3, -0.25) is 0 Å². The third kappa shape index (κ3) is 3.05. The molecule has 2 nitrogen and oxygen atoms in total. The van der Waals surface area contributed by atoms with Crippen LogP contribution in [0, 0.1) is 13.8 Å². The van der Waals surface area contributed by atoms with Gasteiger partial charge >= 0.3 is 0 Å². The van der Waals surface area contributed by atoms with Gasteiger partial charge in [0.15, 0.2) is 0 Å². The third-order valence-electron chi connectivity index (χ3n) is 2.99. The summed E-state index contributed by atoms with van der Waals surface area (Å²) in [5.41, 5.74) is 11.6. The van der Waals surface area contributed by atoms with Crippen LogP contribution >= 0.6 is 15.9 Å². The number of halogens is 1. The molecule has 0 aromatic heterocycles. The zero-order valence-corrected chi connectivity index (χ0v) is 12.2. The molecule has 0 saturated heterocycles. The van der Waals surface area contributed by atoms with Gasteiger partial charge in [-0.25, -0.2) is 0 Å². The van der Waals surface area contributed by atoms with Crippen molar-refractivity contribution in [2.75, 3.05) is 11.1 Å². The van der Waals surface area contributed by atoms with E-state index in [2.05, 4.69) is 53.3 Å². The van der Waals surface area contributed by atoms with Gasteiger partial charge in [-0.05, 0) is 43.2 Å². The van der Waals surface area contributed by atoms with Gasteiger partial charge < -0.3 is 11.1 Å². The lowest BCUT2D eigenvalue weighted by Gasteiger charge is -2.12. The highest BCUT2D eigenvalue weighted by molar-refractivity contribution is 9.10. The predicted octanol–water partition coefficient (Wildman–Crippen LogP) is 4.26. The van der Waals surface area contributed by atoms with Gasteiger partial charge in [0.25, 0.3) is 0 Å². The fraction of sp³-hybridized carbons (Fsp3) is 0.200. The van der Waals surface area contributed by atoms with Crippen LogP contribution in [0.25, 0.3) is 0 Å². The van der Waals surface area contributed by atoms with Gasteiger partial charge in [-0.1, -0.05) is 39.7 Å². The molecular weight excluding hydrogens is 288 g/mol. The number of aryl methyl sites for hydroxylation is 2. The maximum absolute atomic E-state index is 5.96. The van der Waals surface area contributed by atoms with E-state index in [1.54, 1.807) is 0 Å². The number of anilines is 2. The molecule has 0 heterocycles. The normalized spacial score (nSPS) is 10.4. The average molecular weight is 305 g/mol. The monoisotopic (exact) mass is 304 g/mol. The first-order valence-electron chi connectivity index (χ1n) is 5.91. The first-order chi connectivity index (χ1) is 8.56. The van der Waals surface area contributed by atoms with Gasteiger partial charge in [0, 0.05) is 11.0 Å². The number of benzene rings is 2. The van der Waals surface area contributed by atoms with Crippen molar-refractivity contribution in [1.82, 2.24) is 0 Å². The zero-order chi connectivity index (χ0) is 13.1. The summed E-state index contributed by atoms with van der Waals surface area (Å²) in [5, 5.41) is 3.38. The summed E-state index contributed by atoms with van der Waals surface area (Å²) in [4.78, 5) is 0. The summed E-state index contributed by atoms with van der Waals surface area (Å²) in [5.74, 6) is 0. The summed E-state index contributed by atoms with van der Waals surface area (Å²) >= 11 is 3.41. The topological polar surface area (TPSA) is 38.0 Å². The molecule has 3 heteroatoms. The molecule has 0 aliphatic rings. The van der Waals surface area contributed by atoms with Gasteiger partial charge in [0.1, 0.15) is 0 Å². The molecule has 18 heavy (non-hydrogen) atoms. The molecule has 2 aromatic rings. The van der Waals surface area contributed by atoms with E-state index in [0.717, 1.165) is 22.4 Å². The molecule has 2 aromatic carbocycles. The number of rotatable bonds is 3. The van der Waals surface area contributed by atoms with Crippen LogP contribution in [0.1, 0.15) is 16.7 Å². The number of nitrogen functional groups attached to an aromatic ring is 1. The molecule has 0 saturated carbocycles. The van der Waals surface area contributed by atoms with Crippen LogP contribution in [0.4, 0.5) is 11.4 Å². The largest absolute Gasteiger partial charge is 0.397 e. The fourth-order valence-electron chi connectivity index (χ4n) is 1.88. The van der Waals surface area contributed by atoms with E-state index >= 15 is 0 Å². The second-order valence-corrected chi connectivity index (χ2v) is 5.43. The Morgan fingerprint density at radius 1 is 1.11 bits per heavy atom. The van der Waals surface area contributed by atoms with Crippen LogP contribution in [0.3, 0.4) is 0 Å². The minimum Gasteiger partial charge on any atom is -0.397 e. The molecule has 2 rings (SSSR count). The van der Waals surface area contributed by atoms with Crippen LogP contribution in [0.2, 0.25) is 0 Å². The van der Waals surface area contributed by atoms with Gasteiger partial charge in [0.05, 0.1) is 11.4 Å². The van der Waals surface area contributed by atoms with Gasteiger partial charge in [-0.2, -0.15) is 0 Å². The third-order valence-corrected chi connectivity index (χ3v) is 3.48. The van der Waals surface area contributed by atoms with Gasteiger partial charge in [-0.15, -0.1) is 0 Å². The van der Waals surface area contributed by atoms with Crippen LogP contribution in [-0.4, -0.2) is 0 Å². The lowest BCUT2D eigenvalue weighted by Crippen LogP contribution is -2.04. The molecule has 0 aliphatic carbocycles. The molecule has 0 spiro atoms. The first kappa shape index (κ1) is 13.0. The van der Waals surface area contributed by atoms with Crippen LogP contribution in [0.15, 0.2) is 40.9 Å². The SMILES string of the molecule is Cc1ccc(C)c(CNc2ccc(Br)cc2N)c1. The summed E-state index contributed by atoms with van der Waals surface area (Å²) < 4.78 is 0.997. The van der Waals surface area contributed by atoms with Crippen molar-refractivity contribution in [1.29, 1.82) is 0 Å². The van der Waals surface area contributed by atoms with E-state index in [-0.39, 0.29) is 0 Å². The van der Waals surface area contributed by atoms with E-state index in [1.165, 1.54) is 16.7 Å². The Hall–Kier alpha value is -1.48. The van der Waals surface area contributed by atoms with Crippen molar-refractivity contribution >= 4 is 27.3 Å². The molecule has 0 radical (unpaired) electrons. The first-order valence-corrected chi connectivity index (χ1v) is 6.70. The van der Waals surface area contributed by atoms with E-state index < -0.39 is 0 Å². The highest BCUT2D eigenvalue weighted by Gasteiger charge is 2.02. The van der Waals surface area contributed by atoms with Crippen LogP contribution in [0.5, 0.6) is 0 Å². The van der Waals surface area contributed by atoms with Crippen molar-refractivity contribution in [3.8, 4) is 0 Å². The van der Waals surface area contributed by atoms with Crippen molar-refractivity contribution in [2.24, 2.45) is 0 Å². The minimum absolute atomic E-state index is 0.759. The summed E-state index contributed by atoms with van der Waals surface area (Å²) in [7, 11) is 0. The van der Waals surface area contributed by atoms with E-state index in [9.17, 15) is 0 Å². The number of nitrogens with two attached hydrogens (primary N) is 1. The molecule has 0 amide bonds. The molecule has 0 atom stereocenters. The van der Waals surface area contributed by atoms with E-state index in [1.807, 2.05) is 18.2 Å². The Morgan fingerprint density at radius 2 is 1.89 bits per heavy atom. The Labute approximate surface area is 116 Å². The molecule has 0 aliphatic heterocycles. The van der Waals surface area contributed by atoms with Crippen molar-refractivity contribution in [2.45, 2.75) is 20.4 Å². The molecular formula is C15H17BrN2. The second kappa shape index (κ2) is 5.44. The smallest absolute Gasteiger partial charge is 0.0577 e. The maximum Gasteiger partial charge on any atom is 0.0577 e.